The molecule has 1 aliphatic rings. The van der Waals surface area contributed by atoms with E-state index in [9.17, 15) is 19.5 Å². The summed E-state index contributed by atoms with van der Waals surface area (Å²) < 4.78 is 10.6. The lowest BCUT2D eigenvalue weighted by atomic mass is 10.0. The van der Waals surface area contributed by atoms with Crippen molar-refractivity contribution in [2.45, 2.75) is 26.3 Å². The molecule has 0 fully saturated rings. The summed E-state index contributed by atoms with van der Waals surface area (Å²) in [7, 11) is 0. The molecule has 1 heterocycles. The fourth-order valence-electron chi connectivity index (χ4n) is 3.04. The number of nitrogens with one attached hydrogen (secondary N) is 2. The molecule has 2 aromatic carbocycles. The van der Waals surface area contributed by atoms with E-state index in [-0.39, 0.29) is 24.8 Å². The summed E-state index contributed by atoms with van der Waals surface area (Å²) in [6.45, 7) is 3.83. The van der Waals surface area contributed by atoms with Crippen molar-refractivity contribution in [3.8, 4) is 11.5 Å². The van der Waals surface area contributed by atoms with Crippen LogP contribution in [0.3, 0.4) is 0 Å². The number of amides is 2. The van der Waals surface area contributed by atoms with Gasteiger partial charge >= 0.3 is 5.97 Å². The molecule has 8 nitrogen and oxygen atoms in total. The minimum absolute atomic E-state index is 0.0570. The lowest BCUT2D eigenvalue weighted by Gasteiger charge is -2.18. The smallest absolute Gasteiger partial charge is 0.326 e. The summed E-state index contributed by atoms with van der Waals surface area (Å²) in [5, 5.41) is 14.5. The number of carbonyl (C=O) groups excluding carboxylic acids is 2. The van der Waals surface area contributed by atoms with Crippen LogP contribution in [-0.2, 0) is 9.59 Å². The van der Waals surface area contributed by atoms with Gasteiger partial charge in [-0.05, 0) is 48.2 Å². The lowest BCUT2D eigenvalue weighted by Crippen LogP contribution is -2.45. The first-order valence-corrected chi connectivity index (χ1v) is 9.85. The Morgan fingerprint density at radius 3 is 2.45 bits per heavy atom. The third-order valence-corrected chi connectivity index (χ3v) is 4.55. The summed E-state index contributed by atoms with van der Waals surface area (Å²) in [4.78, 5) is 37.1. The third-order valence-electron chi connectivity index (χ3n) is 4.55. The van der Waals surface area contributed by atoms with Gasteiger partial charge in [0.05, 0.1) is 0 Å². The summed E-state index contributed by atoms with van der Waals surface area (Å²) in [5.41, 5.74) is 0.866. The number of carbonyl (C=O) groups is 3. The van der Waals surface area contributed by atoms with Crippen LogP contribution in [0.4, 0.5) is 0 Å². The molecule has 162 valence electrons. The van der Waals surface area contributed by atoms with Crippen molar-refractivity contribution in [2.75, 3.05) is 6.79 Å². The molecule has 0 saturated carbocycles. The standard InChI is InChI=1S/C23H24N2O6/c1-14(2)10-18(23(28)29)25-22(27)17(24-21(26)16-6-4-3-5-7-16)11-15-8-9-19-20(12-15)31-13-30-19/h3-9,11-12,14,18H,10,13H2,1-2H3,(H,24,26)(H,25,27)(H,28,29)/t18-/m0/s1. The number of aliphatic carboxylic acids is 1. The Labute approximate surface area is 179 Å². The number of fused-ring (bicyclic) bond motifs is 1. The van der Waals surface area contributed by atoms with Crippen molar-refractivity contribution in [1.82, 2.24) is 10.6 Å². The van der Waals surface area contributed by atoms with Gasteiger partial charge in [0.25, 0.3) is 11.8 Å². The van der Waals surface area contributed by atoms with E-state index in [0.717, 1.165) is 0 Å². The van der Waals surface area contributed by atoms with E-state index in [1.807, 2.05) is 13.8 Å². The second kappa shape index (κ2) is 9.80. The molecular formula is C23H24N2O6. The number of carboxylic acid groups (broad SMARTS) is 1. The molecule has 1 atom stereocenters. The van der Waals surface area contributed by atoms with E-state index in [4.69, 9.17) is 9.47 Å². The molecular weight excluding hydrogens is 400 g/mol. The van der Waals surface area contributed by atoms with Crippen molar-refractivity contribution < 1.29 is 29.0 Å². The largest absolute Gasteiger partial charge is 0.480 e. The summed E-state index contributed by atoms with van der Waals surface area (Å²) >= 11 is 0. The molecule has 31 heavy (non-hydrogen) atoms. The molecule has 3 N–H and O–H groups in total. The predicted octanol–water partition coefficient (Wildman–Crippen LogP) is 2.80. The minimum atomic E-state index is -1.14. The van der Waals surface area contributed by atoms with Gasteiger partial charge in [-0.3, -0.25) is 9.59 Å². The highest BCUT2D eigenvalue weighted by atomic mass is 16.7. The van der Waals surface area contributed by atoms with Gasteiger partial charge in [0.2, 0.25) is 6.79 Å². The number of hydrogen-bond donors (Lipinski definition) is 3. The van der Waals surface area contributed by atoms with Gasteiger partial charge in [-0.1, -0.05) is 38.1 Å². The average molecular weight is 424 g/mol. The fraction of sp³-hybridized carbons (Fsp3) is 0.261. The normalized spacial score (nSPS) is 13.6. The van der Waals surface area contributed by atoms with Crippen LogP contribution in [0, 0.1) is 5.92 Å². The Bertz CT molecular complexity index is 1000. The first-order chi connectivity index (χ1) is 14.8. The van der Waals surface area contributed by atoms with Gasteiger partial charge in [-0.15, -0.1) is 0 Å². The van der Waals surface area contributed by atoms with Crippen LogP contribution < -0.4 is 20.1 Å². The molecule has 0 bridgehead atoms. The maximum atomic E-state index is 12.9. The number of carboxylic acids is 1. The van der Waals surface area contributed by atoms with Gasteiger partial charge in [-0.2, -0.15) is 0 Å². The summed E-state index contributed by atoms with van der Waals surface area (Å²) in [6, 6.07) is 12.4. The van der Waals surface area contributed by atoms with Crippen molar-refractivity contribution in [2.24, 2.45) is 5.92 Å². The Kier molecular flexibility index (Phi) is 6.92. The number of hydrogen-bond acceptors (Lipinski definition) is 5. The molecule has 3 rings (SSSR count). The van der Waals surface area contributed by atoms with Gasteiger partial charge in [0, 0.05) is 5.56 Å². The molecule has 8 heteroatoms. The Morgan fingerprint density at radius 1 is 1.06 bits per heavy atom. The Morgan fingerprint density at radius 2 is 1.77 bits per heavy atom. The highest BCUT2D eigenvalue weighted by molar-refractivity contribution is 6.06. The molecule has 0 aromatic heterocycles. The van der Waals surface area contributed by atoms with Crippen LogP contribution in [0.2, 0.25) is 0 Å². The van der Waals surface area contributed by atoms with Crippen LogP contribution in [0.15, 0.2) is 54.2 Å². The molecule has 2 aromatic rings. The predicted molar refractivity (Wildman–Crippen MR) is 113 cm³/mol. The molecule has 0 spiro atoms. The quantitative estimate of drug-likeness (QED) is 0.562. The van der Waals surface area contributed by atoms with Gasteiger partial charge < -0.3 is 25.2 Å². The van der Waals surface area contributed by atoms with E-state index >= 15 is 0 Å². The van der Waals surface area contributed by atoms with Gasteiger partial charge in [-0.25, -0.2) is 4.79 Å². The second-order valence-corrected chi connectivity index (χ2v) is 7.48. The second-order valence-electron chi connectivity index (χ2n) is 7.48. The van der Waals surface area contributed by atoms with E-state index in [1.165, 1.54) is 6.08 Å². The number of benzene rings is 2. The van der Waals surface area contributed by atoms with Gasteiger partial charge in [0.15, 0.2) is 11.5 Å². The summed E-state index contributed by atoms with van der Waals surface area (Å²) in [6.07, 6.45) is 1.72. The van der Waals surface area contributed by atoms with Crippen molar-refractivity contribution in [1.29, 1.82) is 0 Å². The van der Waals surface area contributed by atoms with Crippen molar-refractivity contribution in [3.05, 3.63) is 65.4 Å². The highest BCUT2D eigenvalue weighted by Crippen LogP contribution is 2.33. The third kappa shape index (κ3) is 5.85. The number of ether oxygens (including phenoxy) is 2. The zero-order chi connectivity index (χ0) is 22.4. The Hall–Kier alpha value is -3.81. The molecule has 0 saturated heterocycles. The first-order valence-electron chi connectivity index (χ1n) is 9.85. The van der Waals surface area contributed by atoms with E-state index in [2.05, 4.69) is 10.6 Å². The SMILES string of the molecule is CC(C)C[C@H](NC(=O)C(=Cc1ccc2c(c1)OCO2)NC(=O)c1ccccc1)C(=O)O. The van der Waals surface area contributed by atoms with E-state index in [0.29, 0.717) is 22.6 Å². The fourth-order valence-corrected chi connectivity index (χ4v) is 3.04. The van der Waals surface area contributed by atoms with Gasteiger partial charge in [0.1, 0.15) is 11.7 Å². The van der Waals surface area contributed by atoms with Crippen LogP contribution >= 0.6 is 0 Å². The van der Waals surface area contributed by atoms with Crippen LogP contribution in [0.25, 0.3) is 6.08 Å². The minimum Gasteiger partial charge on any atom is -0.480 e. The van der Waals surface area contributed by atoms with E-state index < -0.39 is 23.8 Å². The molecule has 1 aliphatic heterocycles. The number of rotatable bonds is 8. The maximum Gasteiger partial charge on any atom is 0.326 e. The van der Waals surface area contributed by atoms with E-state index in [1.54, 1.807) is 48.5 Å². The van der Waals surface area contributed by atoms with Crippen molar-refractivity contribution >= 4 is 23.9 Å². The topological polar surface area (TPSA) is 114 Å². The van der Waals surface area contributed by atoms with Crippen LogP contribution in [-0.4, -0.2) is 35.7 Å². The first kappa shape index (κ1) is 21.9. The van der Waals surface area contributed by atoms with Crippen LogP contribution in [0.1, 0.15) is 36.2 Å². The molecule has 0 unspecified atom stereocenters. The zero-order valence-corrected chi connectivity index (χ0v) is 17.3. The van der Waals surface area contributed by atoms with Crippen LogP contribution in [0.5, 0.6) is 11.5 Å². The lowest BCUT2D eigenvalue weighted by molar-refractivity contribution is -0.141. The molecule has 2 amide bonds. The highest BCUT2D eigenvalue weighted by Gasteiger charge is 2.24. The van der Waals surface area contributed by atoms with Crippen molar-refractivity contribution in [3.63, 3.8) is 0 Å². The monoisotopic (exact) mass is 424 g/mol. The maximum absolute atomic E-state index is 12.9. The molecule has 0 aliphatic carbocycles. The Balaban J connectivity index is 1.88. The zero-order valence-electron chi connectivity index (χ0n) is 17.3. The average Bonchev–Trinajstić information content (AvgIpc) is 3.20. The summed E-state index contributed by atoms with van der Waals surface area (Å²) in [5.74, 6) is -1.17. The molecule has 0 radical (unpaired) electrons.